The summed E-state index contributed by atoms with van der Waals surface area (Å²) in [5, 5.41) is 8.57. The number of hydrogen-bond acceptors (Lipinski definition) is 2. The summed E-state index contributed by atoms with van der Waals surface area (Å²) in [5.74, 6) is -0.280. The van der Waals surface area contributed by atoms with Crippen LogP contribution in [0.25, 0.3) is 0 Å². The lowest BCUT2D eigenvalue weighted by atomic mass is 9.97. The summed E-state index contributed by atoms with van der Waals surface area (Å²) in [7, 11) is 0. The maximum Gasteiger partial charge on any atom is 0.328 e. The second kappa shape index (κ2) is 6.19. The van der Waals surface area contributed by atoms with Gasteiger partial charge in [0.15, 0.2) is 0 Å². The van der Waals surface area contributed by atoms with Gasteiger partial charge in [-0.05, 0) is 51.5 Å². The monoisotopic (exact) mass is 252 g/mol. The highest BCUT2D eigenvalue weighted by atomic mass is 16.6. The minimum absolute atomic E-state index is 0.0936. The molecule has 18 heavy (non-hydrogen) atoms. The zero-order valence-electron chi connectivity index (χ0n) is 11.8. The largest absolute Gasteiger partial charge is 0.478 e. The normalized spacial score (nSPS) is 24.2. The molecule has 0 amide bonds. The molecule has 1 N–H and O–H groups in total. The molecule has 0 aromatic rings. The van der Waals surface area contributed by atoms with Crippen LogP contribution in [0.15, 0.2) is 23.8 Å². The van der Waals surface area contributed by atoms with Crippen LogP contribution in [0.2, 0.25) is 0 Å². The maximum atomic E-state index is 10.4. The van der Waals surface area contributed by atoms with Crippen molar-refractivity contribution in [1.29, 1.82) is 0 Å². The van der Waals surface area contributed by atoms with Gasteiger partial charge >= 0.3 is 5.97 Å². The number of aliphatic carboxylic acids is 1. The van der Waals surface area contributed by atoms with Crippen molar-refractivity contribution in [3.63, 3.8) is 0 Å². The smallest absolute Gasteiger partial charge is 0.328 e. The van der Waals surface area contributed by atoms with Gasteiger partial charge in [0.2, 0.25) is 0 Å². The Kier molecular flexibility index (Phi) is 5.15. The first-order valence-electron chi connectivity index (χ1n) is 6.57. The number of carbonyl (C=O) groups is 1. The molecule has 102 valence electrons. The van der Waals surface area contributed by atoms with Gasteiger partial charge in [-0.3, -0.25) is 0 Å². The van der Waals surface area contributed by atoms with Crippen LogP contribution in [-0.2, 0) is 9.53 Å². The molecule has 0 spiro atoms. The maximum absolute atomic E-state index is 10.4. The first kappa shape index (κ1) is 15.0. The van der Waals surface area contributed by atoms with E-state index in [0.29, 0.717) is 12.0 Å². The average Bonchev–Trinajstić information content (AvgIpc) is 2.82. The van der Waals surface area contributed by atoms with E-state index in [2.05, 4.69) is 26.8 Å². The molecule has 0 aromatic heterocycles. The Balaban J connectivity index is 2.19. The van der Waals surface area contributed by atoms with Crippen molar-refractivity contribution in [2.75, 3.05) is 0 Å². The van der Waals surface area contributed by atoms with Crippen LogP contribution in [0.1, 0.15) is 47.0 Å². The van der Waals surface area contributed by atoms with Crippen LogP contribution in [0, 0.1) is 5.92 Å². The van der Waals surface area contributed by atoms with Crippen LogP contribution in [-0.4, -0.2) is 22.8 Å². The molecular formula is C15H24O3. The number of hydrogen-bond donors (Lipinski definition) is 1. The number of carboxylic acids is 1. The highest BCUT2D eigenvalue weighted by molar-refractivity contribution is 5.81. The standard InChI is InChI=1S/C15H24O3/c1-11(8-9-13-15(3,4)18-13)6-5-7-12(2)10-14(16)17/h5,7,10-11,13H,6,8-9H2,1-4H3,(H,16,17)/b7-5+,12-10+. The summed E-state index contributed by atoms with van der Waals surface area (Å²) in [6.07, 6.45) is 8.84. The van der Waals surface area contributed by atoms with E-state index in [-0.39, 0.29) is 5.60 Å². The van der Waals surface area contributed by atoms with Crippen molar-refractivity contribution in [2.45, 2.75) is 58.7 Å². The van der Waals surface area contributed by atoms with Gasteiger partial charge in [-0.15, -0.1) is 0 Å². The zero-order chi connectivity index (χ0) is 13.8. The summed E-state index contributed by atoms with van der Waals surface area (Å²) in [4.78, 5) is 10.4. The first-order valence-corrected chi connectivity index (χ1v) is 6.57. The highest BCUT2D eigenvalue weighted by Gasteiger charge is 2.46. The molecule has 0 aliphatic carbocycles. The van der Waals surface area contributed by atoms with Crippen LogP contribution < -0.4 is 0 Å². The molecule has 0 saturated carbocycles. The molecular weight excluding hydrogens is 228 g/mol. The van der Waals surface area contributed by atoms with Crippen LogP contribution >= 0.6 is 0 Å². The minimum atomic E-state index is -0.890. The van der Waals surface area contributed by atoms with E-state index in [4.69, 9.17) is 9.84 Å². The van der Waals surface area contributed by atoms with Gasteiger partial charge < -0.3 is 9.84 Å². The molecule has 1 aliphatic rings. The molecule has 1 rings (SSSR count). The predicted octanol–water partition coefficient (Wildman–Crippen LogP) is 3.56. The molecule has 0 bridgehead atoms. The van der Waals surface area contributed by atoms with Gasteiger partial charge in [-0.25, -0.2) is 4.79 Å². The lowest BCUT2D eigenvalue weighted by Gasteiger charge is -2.07. The third kappa shape index (κ3) is 5.50. The van der Waals surface area contributed by atoms with Gasteiger partial charge in [0, 0.05) is 6.08 Å². The van der Waals surface area contributed by atoms with Gasteiger partial charge in [0.05, 0.1) is 11.7 Å². The molecule has 1 fully saturated rings. The van der Waals surface area contributed by atoms with Crippen molar-refractivity contribution < 1.29 is 14.6 Å². The Morgan fingerprint density at radius 1 is 1.50 bits per heavy atom. The van der Waals surface area contributed by atoms with E-state index < -0.39 is 5.97 Å². The van der Waals surface area contributed by atoms with Crippen LogP contribution in [0.3, 0.4) is 0 Å². The predicted molar refractivity (Wildman–Crippen MR) is 72.5 cm³/mol. The highest BCUT2D eigenvalue weighted by Crippen LogP contribution is 2.39. The summed E-state index contributed by atoms with van der Waals surface area (Å²) in [5.41, 5.74) is 0.873. The number of rotatable bonds is 7. The SMILES string of the molecule is CC(/C=C/CC(C)CCC1OC1(C)C)=C\C(=O)O. The van der Waals surface area contributed by atoms with E-state index in [1.807, 2.05) is 6.08 Å². The fourth-order valence-electron chi connectivity index (χ4n) is 2.02. The summed E-state index contributed by atoms with van der Waals surface area (Å²) >= 11 is 0. The van der Waals surface area contributed by atoms with Crippen molar-refractivity contribution in [3.8, 4) is 0 Å². The van der Waals surface area contributed by atoms with Crippen molar-refractivity contribution in [3.05, 3.63) is 23.8 Å². The molecule has 0 radical (unpaired) electrons. The molecule has 1 heterocycles. The zero-order valence-corrected chi connectivity index (χ0v) is 11.8. The van der Waals surface area contributed by atoms with Crippen molar-refractivity contribution >= 4 is 5.97 Å². The van der Waals surface area contributed by atoms with E-state index in [0.717, 1.165) is 24.8 Å². The minimum Gasteiger partial charge on any atom is -0.478 e. The van der Waals surface area contributed by atoms with Gasteiger partial charge in [0.25, 0.3) is 0 Å². The molecule has 3 nitrogen and oxygen atoms in total. The third-order valence-corrected chi connectivity index (χ3v) is 3.36. The van der Waals surface area contributed by atoms with Gasteiger partial charge in [-0.1, -0.05) is 19.1 Å². The summed E-state index contributed by atoms with van der Waals surface area (Å²) in [6.45, 7) is 8.27. The van der Waals surface area contributed by atoms with E-state index in [1.165, 1.54) is 6.08 Å². The Morgan fingerprint density at radius 3 is 2.61 bits per heavy atom. The molecule has 0 aromatic carbocycles. The lowest BCUT2D eigenvalue weighted by Crippen LogP contribution is -2.04. The average molecular weight is 252 g/mol. The van der Waals surface area contributed by atoms with Gasteiger partial charge in [-0.2, -0.15) is 0 Å². The molecule has 3 heteroatoms. The fourth-order valence-corrected chi connectivity index (χ4v) is 2.02. The van der Waals surface area contributed by atoms with E-state index in [9.17, 15) is 4.79 Å². The number of carboxylic acid groups (broad SMARTS) is 1. The van der Waals surface area contributed by atoms with Crippen LogP contribution in [0.5, 0.6) is 0 Å². The second-order valence-corrected chi connectivity index (χ2v) is 5.76. The molecule has 1 saturated heterocycles. The summed E-state index contributed by atoms with van der Waals surface area (Å²) in [6, 6.07) is 0. The Bertz CT molecular complexity index is 353. The molecule has 2 unspecified atom stereocenters. The number of epoxide rings is 1. The van der Waals surface area contributed by atoms with E-state index in [1.54, 1.807) is 6.92 Å². The number of allylic oxidation sites excluding steroid dienone is 3. The Morgan fingerprint density at radius 2 is 2.11 bits per heavy atom. The summed E-state index contributed by atoms with van der Waals surface area (Å²) < 4.78 is 5.55. The van der Waals surface area contributed by atoms with Gasteiger partial charge in [0.1, 0.15) is 0 Å². The fraction of sp³-hybridized carbons (Fsp3) is 0.667. The third-order valence-electron chi connectivity index (χ3n) is 3.36. The quantitative estimate of drug-likeness (QED) is 0.428. The van der Waals surface area contributed by atoms with Crippen molar-refractivity contribution in [2.24, 2.45) is 5.92 Å². The Labute approximate surface area is 110 Å². The molecule has 2 atom stereocenters. The lowest BCUT2D eigenvalue weighted by molar-refractivity contribution is -0.131. The van der Waals surface area contributed by atoms with E-state index >= 15 is 0 Å². The van der Waals surface area contributed by atoms with Crippen LogP contribution in [0.4, 0.5) is 0 Å². The first-order chi connectivity index (χ1) is 8.31. The Hall–Kier alpha value is -1.09. The second-order valence-electron chi connectivity index (χ2n) is 5.76. The molecule has 1 aliphatic heterocycles. The number of ether oxygens (including phenoxy) is 1. The topological polar surface area (TPSA) is 49.8 Å². The van der Waals surface area contributed by atoms with Crippen molar-refractivity contribution in [1.82, 2.24) is 0 Å².